The predicted molar refractivity (Wildman–Crippen MR) is 84.3 cm³/mol. The highest BCUT2D eigenvalue weighted by Crippen LogP contribution is 2.51. The first-order chi connectivity index (χ1) is 9.98. The first kappa shape index (κ1) is 14.5. The van der Waals surface area contributed by atoms with Gasteiger partial charge in [-0.05, 0) is 53.2 Å². The summed E-state index contributed by atoms with van der Waals surface area (Å²) in [6.07, 6.45) is 5.79. The summed E-state index contributed by atoms with van der Waals surface area (Å²) in [5.41, 5.74) is 1.03. The van der Waals surface area contributed by atoms with E-state index in [1.54, 1.807) is 10.9 Å². The second kappa shape index (κ2) is 5.09. The topological polar surface area (TPSA) is 52.7 Å². The summed E-state index contributed by atoms with van der Waals surface area (Å²) in [5, 5.41) is 8.37. The summed E-state index contributed by atoms with van der Waals surface area (Å²) >= 11 is 3.40. The molecule has 0 radical (unpaired) electrons. The number of hydrogen-bond acceptors (Lipinski definition) is 3. The Morgan fingerprint density at radius 1 is 1.48 bits per heavy atom. The Kier molecular flexibility index (Phi) is 3.51. The molecule has 5 nitrogen and oxygen atoms in total. The molecule has 0 saturated heterocycles. The number of halogens is 1. The molecule has 2 aromatic rings. The van der Waals surface area contributed by atoms with Gasteiger partial charge < -0.3 is 9.13 Å². The highest BCUT2D eigenvalue weighted by molar-refractivity contribution is 9.10. The minimum Gasteiger partial charge on any atom is -0.320 e. The molecule has 1 aliphatic rings. The number of rotatable bonds is 3. The summed E-state index contributed by atoms with van der Waals surface area (Å²) in [6, 6.07) is 1.95. The molecule has 0 aliphatic heterocycles. The van der Waals surface area contributed by atoms with E-state index in [9.17, 15) is 4.79 Å². The van der Waals surface area contributed by atoms with Crippen LogP contribution in [0, 0.1) is 5.92 Å². The average Bonchev–Trinajstić information content (AvgIpc) is 2.84. The molecule has 0 amide bonds. The Balaban J connectivity index is 2.18. The van der Waals surface area contributed by atoms with Gasteiger partial charge in [-0.25, -0.2) is 0 Å². The van der Waals surface area contributed by atoms with Crippen molar-refractivity contribution in [2.24, 2.45) is 13.0 Å². The smallest absolute Gasteiger partial charge is 0.264 e. The molecule has 0 N–H and O–H groups in total. The maximum absolute atomic E-state index is 12.1. The first-order valence-corrected chi connectivity index (χ1v) is 8.02. The largest absolute Gasteiger partial charge is 0.320 e. The minimum atomic E-state index is -0.127. The van der Waals surface area contributed by atoms with E-state index in [1.165, 1.54) is 0 Å². The summed E-state index contributed by atoms with van der Waals surface area (Å²) in [5.74, 6) is 1.64. The van der Waals surface area contributed by atoms with Crippen molar-refractivity contribution < 1.29 is 0 Å². The zero-order valence-corrected chi connectivity index (χ0v) is 14.1. The van der Waals surface area contributed by atoms with Gasteiger partial charge in [0, 0.05) is 19.8 Å². The molecule has 0 bridgehead atoms. The maximum Gasteiger partial charge on any atom is 0.264 e. The highest BCUT2D eigenvalue weighted by Gasteiger charge is 2.48. The van der Waals surface area contributed by atoms with E-state index in [0.717, 1.165) is 24.2 Å². The summed E-state index contributed by atoms with van der Waals surface area (Å²) in [4.78, 5) is 12.1. The van der Waals surface area contributed by atoms with Crippen LogP contribution in [0.2, 0.25) is 0 Å². The van der Waals surface area contributed by atoms with Crippen molar-refractivity contribution in [1.29, 1.82) is 0 Å². The highest BCUT2D eigenvalue weighted by atomic mass is 79.9. The van der Waals surface area contributed by atoms with E-state index >= 15 is 0 Å². The SMILES string of the molecule is CCn1cc(C2(c3nncn3C)CC(C)C2)cc(Br)c1=O. The standard InChI is InChI=1S/C15H19BrN4O/c1-4-20-8-11(5-12(16)13(20)21)15(6-10(2)7-15)14-18-17-9-19(14)3/h5,8-10H,4,6-7H2,1-3H3. The Labute approximate surface area is 132 Å². The van der Waals surface area contributed by atoms with Gasteiger partial charge in [-0.3, -0.25) is 4.79 Å². The van der Waals surface area contributed by atoms with Crippen molar-refractivity contribution in [1.82, 2.24) is 19.3 Å². The summed E-state index contributed by atoms with van der Waals surface area (Å²) in [6.45, 7) is 4.89. The Morgan fingerprint density at radius 2 is 2.19 bits per heavy atom. The zero-order chi connectivity index (χ0) is 15.2. The van der Waals surface area contributed by atoms with Gasteiger partial charge in [0.25, 0.3) is 5.56 Å². The van der Waals surface area contributed by atoms with Crippen LogP contribution in [0.5, 0.6) is 0 Å². The lowest BCUT2D eigenvalue weighted by molar-refractivity contribution is 0.184. The first-order valence-electron chi connectivity index (χ1n) is 7.23. The quantitative estimate of drug-likeness (QED) is 0.854. The lowest BCUT2D eigenvalue weighted by Crippen LogP contribution is -2.44. The zero-order valence-electron chi connectivity index (χ0n) is 12.5. The average molecular weight is 351 g/mol. The number of pyridine rings is 1. The molecule has 2 aromatic heterocycles. The number of hydrogen-bond donors (Lipinski definition) is 0. The third kappa shape index (κ3) is 2.16. The van der Waals surface area contributed by atoms with Crippen LogP contribution >= 0.6 is 15.9 Å². The van der Waals surface area contributed by atoms with Gasteiger partial charge in [-0.1, -0.05) is 6.92 Å². The fraction of sp³-hybridized carbons (Fsp3) is 0.533. The van der Waals surface area contributed by atoms with Crippen molar-refractivity contribution in [2.45, 2.75) is 38.6 Å². The van der Waals surface area contributed by atoms with Crippen molar-refractivity contribution in [3.05, 3.63) is 44.8 Å². The molecule has 3 rings (SSSR count). The second-order valence-electron chi connectivity index (χ2n) is 6.03. The van der Waals surface area contributed by atoms with Crippen LogP contribution in [-0.2, 0) is 19.0 Å². The number of nitrogens with zero attached hydrogens (tertiary/aromatic N) is 4. The molecule has 0 spiro atoms. The second-order valence-corrected chi connectivity index (χ2v) is 6.88. The van der Waals surface area contributed by atoms with Crippen LogP contribution < -0.4 is 5.56 Å². The maximum atomic E-state index is 12.1. The van der Waals surface area contributed by atoms with Crippen LogP contribution in [0.25, 0.3) is 0 Å². The van der Waals surface area contributed by atoms with Gasteiger partial charge >= 0.3 is 0 Å². The van der Waals surface area contributed by atoms with Crippen LogP contribution in [0.4, 0.5) is 0 Å². The lowest BCUT2D eigenvalue weighted by atomic mass is 9.59. The molecule has 6 heteroatoms. The van der Waals surface area contributed by atoms with Crippen molar-refractivity contribution in [2.75, 3.05) is 0 Å². The van der Waals surface area contributed by atoms with Gasteiger partial charge in [-0.2, -0.15) is 0 Å². The van der Waals surface area contributed by atoms with E-state index in [2.05, 4.69) is 33.1 Å². The summed E-state index contributed by atoms with van der Waals surface area (Å²) < 4.78 is 4.35. The van der Waals surface area contributed by atoms with Crippen LogP contribution in [0.15, 0.2) is 27.9 Å². The van der Waals surface area contributed by atoms with Crippen LogP contribution in [-0.4, -0.2) is 19.3 Å². The Hall–Kier alpha value is -1.43. The van der Waals surface area contributed by atoms with Crippen LogP contribution in [0.3, 0.4) is 0 Å². The fourth-order valence-corrected chi connectivity index (χ4v) is 3.96. The molecule has 21 heavy (non-hydrogen) atoms. The molecule has 0 atom stereocenters. The molecule has 1 saturated carbocycles. The van der Waals surface area contributed by atoms with E-state index in [0.29, 0.717) is 16.9 Å². The van der Waals surface area contributed by atoms with E-state index in [-0.39, 0.29) is 11.0 Å². The normalized spacial score (nSPS) is 24.9. The lowest BCUT2D eigenvalue weighted by Gasteiger charge is -2.46. The third-order valence-electron chi connectivity index (χ3n) is 4.47. The van der Waals surface area contributed by atoms with Gasteiger partial charge in [0.1, 0.15) is 12.2 Å². The summed E-state index contributed by atoms with van der Waals surface area (Å²) in [7, 11) is 1.98. The molecule has 2 heterocycles. The van der Waals surface area contributed by atoms with Crippen molar-refractivity contribution in [3.8, 4) is 0 Å². The Morgan fingerprint density at radius 3 is 2.71 bits per heavy atom. The molecule has 0 unspecified atom stereocenters. The van der Waals surface area contributed by atoms with Crippen molar-refractivity contribution in [3.63, 3.8) is 0 Å². The molecule has 1 aliphatic carbocycles. The molecular weight excluding hydrogens is 332 g/mol. The van der Waals surface area contributed by atoms with Gasteiger partial charge in [0.15, 0.2) is 0 Å². The van der Waals surface area contributed by atoms with Gasteiger partial charge in [0.05, 0.1) is 9.89 Å². The van der Waals surface area contributed by atoms with Gasteiger partial charge in [0.2, 0.25) is 0 Å². The predicted octanol–water partition coefficient (Wildman–Crippen LogP) is 2.48. The van der Waals surface area contributed by atoms with Gasteiger partial charge in [-0.15, -0.1) is 10.2 Å². The van der Waals surface area contributed by atoms with Crippen molar-refractivity contribution >= 4 is 15.9 Å². The van der Waals surface area contributed by atoms with Crippen LogP contribution in [0.1, 0.15) is 38.1 Å². The molecule has 0 aromatic carbocycles. The molecular formula is C15H19BrN4O. The number of aromatic nitrogens is 4. The van der Waals surface area contributed by atoms with E-state index < -0.39 is 0 Å². The molecule has 112 valence electrons. The minimum absolute atomic E-state index is 0.0155. The third-order valence-corrected chi connectivity index (χ3v) is 5.04. The van der Waals surface area contributed by atoms with E-state index in [4.69, 9.17) is 0 Å². The fourth-order valence-electron chi connectivity index (χ4n) is 3.49. The monoisotopic (exact) mass is 350 g/mol. The number of aryl methyl sites for hydroxylation is 2. The Bertz CT molecular complexity index is 728. The molecule has 1 fully saturated rings. The van der Waals surface area contributed by atoms with E-state index in [1.807, 2.05) is 30.8 Å².